The van der Waals surface area contributed by atoms with Gasteiger partial charge in [-0.3, -0.25) is 4.21 Å². The third-order valence-corrected chi connectivity index (χ3v) is 3.34. The Morgan fingerprint density at radius 2 is 2.14 bits per heavy atom. The first-order valence-corrected chi connectivity index (χ1v) is 6.15. The minimum Gasteiger partial charge on any atom is -0.354 e. The summed E-state index contributed by atoms with van der Waals surface area (Å²) < 4.78 is 11.0. The molecule has 0 saturated heterocycles. The van der Waals surface area contributed by atoms with E-state index < -0.39 is 10.8 Å². The number of nitrogens with one attached hydrogen (secondary N) is 1. The first kappa shape index (κ1) is 11.1. The SMILES string of the molecule is CC(CCNc1ncccn1)S(C)=O. The zero-order chi connectivity index (χ0) is 10.4. The standard InChI is InChI=1S/C9H15N3OS/c1-8(14(2)13)4-7-12-9-10-5-3-6-11-9/h3,5-6,8H,4,7H2,1-2H3,(H,10,11,12). The van der Waals surface area contributed by atoms with E-state index in [2.05, 4.69) is 15.3 Å². The van der Waals surface area contributed by atoms with Crippen LogP contribution in [0, 0.1) is 0 Å². The molecule has 0 spiro atoms. The quantitative estimate of drug-likeness (QED) is 0.794. The Morgan fingerprint density at radius 1 is 1.50 bits per heavy atom. The van der Waals surface area contributed by atoms with Crippen molar-refractivity contribution in [2.24, 2.45) is 0 Å². The maximum Gasteiger partial charge on any atom is 0.222 e. The van der Waals surface area contributed by atoms with Gasteiger partial charge in [-0.15, -0.1) is 0 Å². The maximum absolute atomic E-state index is 11.0. The fourth-order valence-corrected chi connectivity index (χ4v) is 1.39. The van der Waals surface area contributed by atoms with Crippen LogP contribution in [0.4, 0.5) is 5.95 Å². The van der Waals surface area contributed by atoms with E-state index >= 15 is 0 Å². The van der Waals surface area contributed by atoms with Gasteiger partial charge in [0.2, 0.25) is 5.95 Å². The Hall–Kier alpha value is -0.970. The third-order valence-electron chi connectivity index (χ3n) is 1.97. The minimum atomic E-state index is -0.749. The number of hydrogen-bond donors (Lipinski definition) is 1. The van der Waals surface area contributed by atoms with Crippen LogP contribution >= 0.6 is 0 Å². The summed E-state index contributed by atoms with van der Waals surface area (Å²) in [6.07, 6.45) is 5.97. The highest BCUT2D eigenvalue weighted by Gasteiger charge is 2.05. The summed E-state index contributed by atoms with van der Waals surface area (Å²) in [5, 5.41) is 3.29. The van der Waals surface area contributed by atoms with Gasteiger partial charge in [0.1, 0.15) is 0 Å². The molecule has 2 atom stereocenters. The molecule has 1 N–H and O–H groups in total. The molecule has 2 unspecified atom stereocenters. The Morgan fingerprint density at radius 3 is 2.71 bits per heavy atom. The molecule has 0 saturated carbocycles. The van der Waals surface area contributed by atoms with Gasteiger partial charge >= 0.3 is 0 Å². The van der Waals surface area contributed by atoms with Crippen molar-refractivity contribution in [1.82, 2.24) is 9.97 Å². The van der Waals surface area contributed by atoms with Crippen molar-refractivity contribution >= 4 is 16.7 Å². The molecular weight excluding hydrogens is 198 g/mol. The highest BCUT2D eigenvalue weighted by molar-refractivity contribution is 7.84. The number of aromatic nitrogens is 2. The van der Waals surface area contributed by atoms with Crippen molar-refractivity contribution in [1.29, 1.82) is 0 Å². The van der Waals surface area contributed by atoms with E-state index in [0.717, 1.165) is 13.0 Å². The smallest absolute Gasteiger partial charge is 0.222 e. The molecule has 0 aliphatic rings. The Labute approximate surface area is 86.6 Å². The summed E-state index contributed by atoms with van der Waals surface area (Å²) in [6, 6.07) is 1.77. The zero-order valence-corrected chi connectivity index (χ0v) is 9.25. The molecule has 78 valence electrons. The van der Waals surface area contributed by atoms with Gasteiger partial charge in [0.25, 0.3) is 0 Å². The van der Waals surface area contributed by atoms with Crippen LogP contribution in [0.3, 0.4) is 0 Å². The van der Waals surface area contributed by atoms with E-state index in [1.807, 2.05) is 6.92 Å². The van der Waals surface area contributed by atoms with Gasteiger partial charge in [0, 0.05) is 41.2 Å². The molecule has 0 aliphatic carbocycles. The van der Waals surface area contributed by atoms with Crippen LogP contribution in [0.1, 0.15) is 13.3 Å². The normalized spacial score (nSPS) is 14.7. The molecule has 0 aromatic carbocycles. The van der Waals surface area contributed by atoms with E-state index in [1.54, 1.807) is 24.7 Å². The highest BCUT2D eigenvalue weighted by atomic mass is 32.2. The molecule has 1 aromatic rings. The van der Waals surface area contributed by atoms with Crippen LogP contribution in [-0.2, 0) is 10.8 Å². The highest BCUT2D eigenvalue weighted by Crippen LogP contribution is 2.00. The lowest BCUT2D eigenvalue weighted by Gasteiger charge is -2.08. The van der Waals surface area contributed by atoms with Gasteiger partial charge in [-0.05, 0) is 12.5 Å². The number of nitrogens with zero attached hydrogens (tertiary/aromatic N) is 2. The summed E-state index contributed by atoms with van der Waals surface area (Å²) >= 11 is 0. The molecule has 0 fully saturated rings. The number of hydrogen-bond acceptors (Lipinski definition) is 4. The fourth-order valence-electron chi connectivity index (χ4n) is 0.944. The zero-order valence-electron chi connectivity index (χ0n) is 8.43. The molecule has 0 bridgehead atoms. The minimum absolute atomic E-state index is 0.214. The number of anilines is 1. The van der Waals surface area contributed by atoms with Gasteiger partial charge in [0.15, 0.2) is 0 Å². The van der Waals surface area contributed by atoms with Gasteiger partial charge in [-0.2, -0.15) is 0 Å². The van der Waals surface area contributed by atoms with Crippen LogP contribution < -0.4 is 5.32 Å². The van der Waals surface area contributed by atoms with Crippen LogP contribution in [0.25, 0.3) is 0 Å². The molecule has 0 aliphatic heterocycles. The second kappa shape index (κ2) is 5.70. The third kappa shape index (κ3) is 3.83. The predicted octanol–water partition coefficient (Wildman–Crippen LogP) is 1.05. The van der Waals surface area contributed by atoms with Crippen LogP contribution in [0.15, 0.2) is 18.5 Å². The largest absolute Gasteiger partial charge is 0.354 e. The van der Waals surface area contributed by atoms with E-state index in [-0.39, 0.29) is 5.25 Å². The molecule has 14 heavy (non-hydrogen) atoms. The van der Waals surface area contributed by atoms with E-state index in [4.69, 9.17) is 0 Å². The lowest BCUT2D eigenvalue weighted by Crippen LogP contribution is -2.15. The van der Waals surface area contributed by atoms with Crippen LogP contribution in [0.5, 0.6) is 0 Å². The van der Waals surface area contributed by atoms with E-state index in [0.29, 0.717) is 5.95 Å². The molecule has 1 rings (SSSR count). The molecule has 0 radical (unpaired) electrons. The second-order valence-corrected chi connectivity index (χ2v) is 4.90. The van der Waals surface area contributed by atoms with Crippen molar-refractivity contribution in [3.63, 3.8) is 0 Å². The van der Waals surface area contributed by atoms with Gasteiger partial charge in [-0.25, -0.2) is 9.97 Å². The van der Waals surface area contributed by atoms with Crippen molar-refractivity contribution in [3.8, 4) is 0 Å². The summed E-state index contributed by atoms with van der Waals surface area (Å²) in [4.78, 5) is 8.04. The molecular formula is C9H15N3OS. The second-order valence-electron chi connectivity index (χ2n) is 3.10. The lowest BCUT2D eigenvalue weighted by atomic mass is 10.3. The molecule has 1 aromatic heterocycles. The Kier molecular flexibility index (Phi) is 4.52. The van der Waals surface area contributed by atoms with Crippen molar-refractivity contribution in [2.75, 3.05) is 18.1 Å². The van der Waals surface area contributed by atoms with Crippen molar-refractivity contribution in [2.45, 2.75) is 18.6 Å². The van der Waals surface area contributed by atoms with E-state index in [9.17, 15) is 4.21 Å². The number of rotatable bonds is 5. The molecule has 5 heteroatoms. The summed E-state index contributed by atoms with van der Waals surface area (Å²) in [5.74, 6) is 0.626. The average molecular weight is 213 g/mol. The summed E-state index contributed by atoms with van der Waals surface area (Å²) in [7, 11) is -0.749. The van der Waals surface area contributed by atoms with Gasteiger partial charge < -0.3 is 5.32 Å². The molecule has 0 amide bonds. The summed E-state index contributed by atoms with van der Waals surface area (Å²) in [6.45, 7) is 2.73. The summed E-state index contributed by atoms with van der Waals surface area (Å²) in [5.41, 5.74) is 0. The van der Waals surface area contributed by atoms with Crippen LogP contribution in [0.2, 0.25) is 0 Å². The fraction of sp³-hybridized carbons (Fsp3) is 0.556. The Balaban J connectivity index is 2.26. The monoisotopic (exact) mass is 213 g/mol. The van der Waals surface area contributed by atoms with Crippen molar-refractivity contribution < 1.29 is 4.21 Å². The van der Waals surface area contributed by atoms with Gasteiger partial charge in [-0.1, -0.05) is 6.92 Å². The van der Waals surface area contributed by atoms with Gasteiger partial charge in [0.05, 0.1) is 0 Å². The first-order valence-electron chi connectivity index (χ1n) is 4.53. The molecule has 1 heterocycles. The van der Waals surface area contributed by atoms with E-state index in [1.165, 1.54) is 0 Å². The average Bonchev–Trinajstić information content (AvgIpc) is 2.19. The molecule has 4 nitrogen and oxygen atoms in total. The van der Waals surface area contributed by atoms with Crippen molar-refractivity contribution in [3.05, 3.63) is 18.5 Å². The lowest BCUT2D eigenvalue weighted by molar-refractivity contribution is 0.672. The Bertz CT molecular complexity index is 291. The predicted molar refractivity (Wildman–Crippen MR) is 58.7 cm³/mol. The first-order chi connectivity index (χ1) is 6.70. The maximum atomic E-state index is 11.0. The van der Waals surface area contributed by atoms with Crippen LogP contribution in [-0.4, -0.2) is 32.2 Å². The topological polar surface area (TPSA) is 54.9 Å².